The van der Waals surface area contributed by atoms with Crippen molar-refractivity contribution in [3.8, 4) is 0 Å². The minimum absolute atomic E-state index is 0.0278. The summed E-state index contributed by atoms with van der Waals surface area (Å²) in [5.41, 5.74) is 0.622. The second kappa shape index (κ2) is 8.90. The van der Waals surface area contributed by atoms with E-state index in [1.165, 1.54) is 12.1 Å². The van der Waals surface area contributed by atoms with Gasteiger partial charge in [-0.25, -0.2) is 4.39 Å². The molecule has 2 saturated heterocycles. The number of anilines is 1. The minimum atomic E-state index is -0.626. The highest BCUT2D eigenvalue weighted by molar-refractivity contribution is 5.95. The summed E-state index contributed by atoms with van der Waals surface area (Å²) in [5.74, 6) is -0.197. The molecule has 2 aromatic rings. The predicted molar refractivity (Wildman–Crippen MR) is 124 cm³/mol. The molecule has 0 unspecified atom stereocenters. The molecule has 33 heavy (non-hydrogen) atoms. The Morgan fingerprint density at radius 1 is 0.909 bits per heavy atom. The van der Waals surface area contributed by atoms with Crippen molar-refractivity contribution in [2.24, 2.45) is 0 Å². The smallest absolute Gasteiger partial charge is 0.253 e. The summed E-state index contributed by atoms with van der Waals surface area (Å²) in [4.78, 5) is 30.3. The Morgan fingerprint density at radius 3 is 2.45 bits per heavy atom. The number of nitrogens with zero attached hydrogens (tertiary/aromatic N) is 2. The number of hydrogen-bond donors (Lipinski definition) is 0. The Hall–Kier alpha value is -2.73. The van der Waals surface area contributed by atoms with Gasteiger partial charge in [0.1, 0.15) is 12.4 Å². The highest BCUT2D eigenvalue weighted by Crippen LogP contribution is 2.44. The van der Waals surface area contributed by atoms with Crippen molar-refractivity contribution in [2.75, 3.05) is 31.1 Å². The number of para-hydroxylation sites is 1. The van der Waals surface area contributed by atoms with Crippen LogP contribution in [0.5, 0.6) is 0 Å². The number of ether oxygens (including phenoxy) is 1. The van der Waals surface area contributed by atoms with Gasteiger partial charge in [-0.3, -0.25) is 9.59 Å². The van der Waals surface area contributed by atoms with Crippen molar-refractivity contribution >= 4 is 17.5 Å². The Kier molecular flexibility index (Phi) is 5.95. The molecule has 0 aromatic heterocycles. The van der Waals surface area contributed by atoms with Crippen LogP contribution in [0.2, 0.25) is 0 Å². The lowest BCUT2D eigenvalue weighted by Crippen LogP contribution is -2.55. The van der Waals surface area contributed by atoms with Crippen LogP contribution in [-0.2, 0) is 19.7 Å². The molecule has 3 aliphatic rings. The molecule has 1 saturated carbocycles. The third-order valence-electron chi connectivity index (χ3n) is 7.75. The SMILES string of the molecule is O=C1CO[C@]2(CCCN(C(=O)C3(c4cccc(F)c4)CCCC3)CC2)CN1c1ccccc1. The van der Waals surface area contributed by atoms with Gasteiger partial charge in [0, 0.05) is 18.8 Å². The second-order valence-corrected chi connectivity index (χ2v) is 9.73. The van der Waals surface area contributed by atoms with Crippen LogP contribution in [0, 0.1) is 5.82 Å². The van der Waals surface area contributed by atoms with Crippen LogP contribution in [0.4, 0.5) is 10.1 Å². The molecule has 2 heterocycles. The molecular formula is C27H31FN2O3. The molecule has 1 atom stereocenters. The van der Waals surface area contributed by atoms with Gasteiger partial charge in [-0.15, -0.1) is 0 Å². The van der Waals surface area contributed by atoms with Gasteiger partial charge in [0.05, 0.1) is 17.6 Å². The average Bonchev–Trinajstić information content (AvgIpc) is 3.25. The number of halogens is 1. The number of hydrogen-bond acceptors (Lipinski definition) is 3. The zero-order valence-electron chi connectivity index (χ0n) is 19.0. The molecule has 2 aromatic carbocycles. The van der Waals surface area contributed by atoms with E-state index in [0.29, 0.717) is 26.1 Å². The second-order valence-electron chi connectivity index (χ2n) is 9.73. The maximum Gasteiger partial charge on any atom is 0.253 e. The zero-order chi connectivity index (χ0) is 22.9. The molecule has 0 radical (unpaired) electrons. The van der Waals surface area contributed by atoms with Crippen LogP contribution >= 0.6 is 0 Å². The van der Waals surface area contributed by atoms with Gasteiger partial charge < -0.3 is 14.5 Å². The van der Waals surface area contributed by atoms with Crippen molar-refractivity contribution in [3.05, 3.63) is 66.0 Å². The molecule has 2 aliphatic heterocycles. The van der Waals surface area contributed by atoms with E-state index in [4.69, 9.17) is 4.74 Å². The van der Waals surface area contributed by atoms with Crippen molar-refractivity contribution < 1.29 is 18.7 Å². The summed E-state index contributed by atoms with van der Waals surface area (Å²) in [7, 11) is 0. The molecule has 0 N–H and O–H groups in total. The maximum atomic E-state index is 14.0. The number of morpholine rings is 1. The fraction of sp³-hybridized carbons (Fsp3) is 0.481. The van der Waals surface area contributed by atoms with E-state index in [-0.39, 0.29) is 24.2 Å². The van der Waals surface area contributed by atoms with Crippen LogP contribution in [0.1, 0.15) is 50.5 Å². The third kappa shape index (κ3) is 4.17. The van der Waals surface area contributed by atoms with Crippen LogP contribution in [0.15, 0.2) is 54.6 Å². The summed E-state index contributed by atoms with van der Waals surface area (Å²) in [6.07, 6.45) is 5.82. The quantitative estimate of drug-likeness (QED) is 0.694. The van der Waals surface area contributed by atoms with Crippen LogP contribution in [0.25, 0.3) is 0 Å². The van der Waals surface area contributed by atoms with E-state index in [1.807, 2.05) is 46.2 Å². The Bertz CT molecular complexity index is 1020. The zero-order valence-corrected chi connectivity index (χ0v) is 19.0. The fourth-order valence-corrected chi connectivity index (χ4v) is 5.92. The van der Waals surface area contributed by atoms with Crippen molar-refractivity contribution in [3.63, 3.8) is 0 Å². The maximum absolute atomic E-state index is 14.0. The summed E-state index contributed by atoms with van der Waals surface area (Å²) in [5, 5.41) is 0. The first-order valence-corrected chi connectivity index (χ1v) is 12.1. The Morgan fingerprint density at radius 2 is 1.70 bits per heavy atom. The first-order chi connectivity index (χ1) is 16.0. The number of benzene rings is 2. The topological polar surface area (TPSA) is 49.9 Å². The van der Waals surface area contributed by atoms with Crippen molar-refractivity contribution in [1.29, 1.82) is 0 Å². The molecule has 5 rings (SSSR count). The molecule has 1 spiro atoms. The number of rotatable bonds is 3. The summed E-state index contributed by atoms with van der Waals surface area (Å²) in [6, 6.07) is 16.3. The highest BCUT2D eigenvalue weighted by atomic mass is 19.1. The van der Waals surface area contributed by atoms with E-state index in [2.05, 4.69) is 0 Å². The van der Waals surface area contributed by atoms with Gasteiger partial charge in [-0.2, -0.15) is 0 Å². The lowest BCUT2D eigenvalue weighted by atomic mass is 9.77. The molecule has 5 nitrogen and oxygen atoms in total. The van der Waals surface area contributed by atoms with Gasteiger partial charge in [-0.1, -0.05) is 43.2 Å². The van der Waals surface area contributed by atoms with Crippen molar-refractivity contribution in [2.45, 2.75) is 56.0 Å². The minimum Gasteiger partial charge on any atom is -0.363 e. The fourth-order valence-electron chi connectivity index (χ4n) is 5.92. The number of amides is 2. The van der Waals surface area contributed by atoms with Gasteiger partial charge in [0.2, 0.25) is 5.91 Å². The normalized spacial score (nSPS) is 25.3. The number of likely N-dealkylation sites (tertiary alicyclic amines) is 1. The summed E-state index contributed by atoms with van der Waals surface area (Å²) < 4.78 is 20.2. The molecule has 6 heteroatoms. The number of carbonyl (C=O) groups excluding carboxylic acids is 2. The Labute approximate surface area is 194 Å². The Balaban J connectivity index is 1.35. The van der Waals surface area contributed by atoms with E-state index in [1.54, 1.807) is 6.07 Å². The van der Waals surface area contributed by atoms with E-state index in [9.17, 15) is 14.0 Å². The molecular weight excluding hydrogens is 419 g/mol. The highest BCUT2D eigenvalue weighted by Gasteiger charge is 2.47. The van der Waals surface area contributed by atoms with Gasteiger partial charge in [0.25, 0.3) is 5.91 Å². The molecule has 3 fully saturated rings. The predicted octanol–water partition coefficient (Wildman–Crippen LogP) is 4.45. The molecule has 1 aliphatic carbocycles. The molecule has 174 valence electrons. The van der Waals surface area contributed by atoms with E-state index in [0.717, 1.165) is 49.8 Å². The van der Waals surface area contributed by atoms with Gasteiger partial charge >= 0.3 is 0 Å². The standard InChI is InChI=1S/C27H31FN2O3/c28-22-9-6-8-21(18-22)27(13-4-5-14-27)25(32)29-16-7-12-26(15-17-29)20-30(24(31)19-33-26)23-10-2-1-3-11-23/h1-3,6,8-11,18H,4-5,7,12-17,19-20H2/t26-/m0/s1. The lowest BCUT2D eigenvalue weighted by molar-refractivity contribution is -0.142. The summed E-state index contributed by atoms with van der Waals surface area (Å²) in [6.45, 7) is 1.83. The largest absolute Gasteiger partial charge is 0.363 e. The summed E-state index contributed by atoms with van der Waals surface area (Å²) >= 11 is 0. The van der Waals surface area contributed by atoms with Crippen LogP contribution < -0.4 is 4.90 Å². The molecule has 2 amide bonds. The lowest BCUT2D eigenvalue weighted by Gasteiger charge is -2.42. The average molecular weight is 451 g/mol. The van der Waals surface area contributed by atoms with E-state index < -0.39 is 11.0 Å². The van der Waals surface area contributed by atoms with Crippen molar-refractivity contribution in [1.82, 2.24) is 4.90 Å². The van der Waals surface area contributed by atoms with E-state index >= 15 is 0 Å². The molecule has 0 bridgehead atoms. The monoisotopic (exact) mass is 450 g/mol. The first-order valence-electron chi connectivity index (χ1n) is 12.1. The van der Waals surface area contributed by atoms with Crippen LogP contribution in [0.3, 0.4) is 0 Å². The van der Waals surface area contributed by atoms with Crippen LogP contribution in [-0.4, -0.2) is 48.6 Å². The third-order valence-corrected chi connectivity index (χ3v) is 7.75. The van der Waals surface area contributed by atoms with Gasteiger partial charge in [0.15, 0.2) is 0 Å². The first kappa shape index (κ1) is 22.1. The van der Waals surface area contributed by atoms with Gasteiger partial charge in [-0.05, 0) is 61.9 Å². The number of carbonyl (C=O) groups is 2.